The Morgan fingerprint density at radius 1 is 1.50 bits per heavy atom. The lowest BCUT2D eigenvalue weighted by molar-refractivity contribution is 0.0581. The second-order valence-corrected chi connectivity index (χ2v) is 4.95. The van der Waals surface area contributed by atoms with Crippen LogP contribution < -0.4 is 0 Å². The molecule has 0 radical (unpaired) electrons. The van der Waals surface area contributed by atoms with Crippen LogP contribution in [0.3, 0.4) is 0 Å². The van der Waals surface area contributed by atoms with Crippen molar-refractivity contribution in [1.29, 1.82) is 0 Å². The summed E-state index contributed by atoms with van der Waals surface area (Å²) >= 11 is 0. The van der Waals surface area contributed by atoms with Crippen molar-refractivity contribution in [3.63, 3.8) is 0 Å². The number of rotatable bonds is 2. The van der Waals surface area contributed by atoms with E-state index in [0.717, 1.165) is 25.7 Å². The molecule has 0 nitrogen and oxygen atoms in total. The third kappa shape index (κ3) is 2.76. The summed E-state index contributed by atoms with van der Waals surface area (Å²) in [6.45, 7) is 6.40. The van der Waals surface area contributed by atoms with E-state index >= 15 is 0 Å². The van der Waals surface area contributed by atoms with E-state index in [1.54, 1.807) is 0 Å². The number of hydrogen-bond acceptors (Lipinski definition) is 0. The molecule has 1 aliphatic carbocycles. The van der Waals surface area contributed by atoms with Crippen LogP contribution in [0.4, 0.5) is 4.39 Å². The van der Waals surface area contributed by atoms with Crippen LogP contribution in [-0.2, 0) is 0 Å². The second-order valence-electron chi connectivity index (χ2n) is 4.95. The number of alkyl halides is 1. The van der Waals surface area contributed by atoms with Crippen LogP contribution in [0.15, 0.2) is 0 Å². The Hall–Kier alpha value is -0.0700. The standard InChI is InChI=1S/C11H21F/c1-9(2)7-11(12)6-4-5-10(3)8-11/h9-10H,4-8H2,1-3H3/t10-,11+/m1/s1. The van der Waals surface area contributed by atoms with Gasteiger partial charge in [0.25, 0.3) is 0 Å². The van der Waals surface area contributed by atoms with E-state index in [2.05, 4.69) is 20.8 Å². The minimum Gasteiger partial charge on any atom is -0.244 e. The molecule has 0 amide bonds. The van der Waals surface area contributed by atoms with E-state index in [1.807, 2.05) is 0 Å². The van der Waals surface area contributed by atoms with Crippen LogP contribution >= 0.6 is 0 Å². The normalized spacial score (nSPS) is 37.2. The van der Waals surface area contributed by atoms with Crippen LogP contribution in [0.2, 0.25) is 0 Å². The van der Waals surface area contributed by atoms with Crippen molar-refractivity contribution >= 4 is 0 Å². The predicted octanol–water partition coefficient (Wildman–Crippen LogP) is 3.95. The lowest BCUT2D eigenvalue weighted by atomic mass is 9.76. The molecule has 2 atom stereocenters. The number of hydrogen-bond donors (Lipinski definition) is 0. The summed E-state index contributed by atoms with van der Waals surface area (Å²) in [5.41, 5.74) is -0.828. The largest absolute Gasteiger partial charge is 0.244 e. The van der Waals surface area contributed by atoms with Crippen LogP contribution in [0.5, 0.6) is 0 Å². The van der Waals surface area contributed by atoms with Gasteiger partial charge in [0, 0.05) is 0 Å². The Balaban J connectivity index is 2.45. The smallest absolute Gasteiger partial charge is 0.111 e. The van der Waals surface area contributed by atoms with Crippen molar-refractivity contribution in [3.8, 4) is 0 Å². The maximum absolute atomic E-state index is 14.1. The molecule has 0 saturated heterocycles. The van der Waals surface area contributed by atoms with E-state index < -0.39 is 5.67 Å². The van der Waals surface area contributed by atoms with Gasteiger partial charge in [0.1, 0.15) is 5.67 Å². The molecule has 0 unspecified atom stereocenters. The summed E-state index contributed by atoms with van der Waals surface area (Å²) in [4.78, 5) is 0. The van der Waals surface area contributed by atoms with Gasteiger partial charge in [0.15, 0.2) is 0 Å². The third-order valence-electron chi connectivity index (χ3n) is 2.81. The lowest BCUT2D eigenvalue weighted by Gasteiger charge is -2.34. The van der Waals surface area contributed by atoms with Gasteiger partial charge in [-0.3, -0.25) is 0 Å². The van der Waals surface area contributed by atoms with Gasteiger partial charge in [-0.15, -0.1) is 0 Å². The molecule has 0 heterocycles. The topological polar surface area (TPSA) is 0 Å². The van der Waals surface area contributed by atoms with Gasteiger partial charge in [0.2, 0.25) is 0 Å². The summed E-state index contributed by atoms with van der Waals surface area (Å²) in [5.74, 6) is 1.10. The highest BCUT2D eigenvalue weighted by molar-refractivity contribution is 4.86. The predicted molar refractivity (Wildman–Crippen MR) is 50.9 cm³/mol. The average Bonchev–Trinajstić information content (AvgIpc) is 1.82. The minimum atomic E-state index is -0.828. The zero-order chi connectivity index (χ0) is 9.19. The maximum Gasteiger partial charge on any atom is 0.111 e. The fraction of sp³-hybridized carbons (Fsp3) is 1.00. The minimum absolute atomic E-state index is 0.500. The molecule has 0 aliphatic heterocycles. The fourth-order valence-electron chi connectivity index (χ4n) is 2.51. The zero-order valence-electron chi connectivity index (χ0n) is 8.57. The molecular formula is C11H21F. The van der Waals surface area contributed by atoms with Gasteiger partial charge in [0.05, 0.1) is 0 Å². The molecule has 12 heavy (non-hydrogen) atoms. The first-order valence-corrected chi connectivity index (χ1v) is 5.21. The average molecular weight is 172 g/mol. The first kappa shape index (κ1) is 10.0. The van der Waals surface area contributed by atoms with E-state index in [0.29, 0.717) is 11.8 Å². The monoisotopic (exact) mass is 172 g/mol. The molecule has 0 aromatic rings. The summed E-state index contributed by atoms with van der Waals surface area (Å²) in [6.07, 6.45) is 4.67. The second kappa shape index (κ2) is 3.76. The molecule has 0 spiro atoms. The molecule has 0 bridgehead atoms. The highest BCUT2D eigenvalue weighted by atomic mass is 19.1. The fourth-order valence-corrected chi connectivity index (χ4v) is 2.51. The Morgan fingerprint density at radius 3 is 2.67 bits per heavy atom. The Kier molecular flexibility index (Phi) is 3.14. The zero-order valence-corrected chi connectivity index (χ0v) is 8.57. The molecule has 1 rings (SSSR count). The maximum atomic E-state index is 14.1. The van der Waals surface area contributed by atoms with Gasteiger partial charge in [-0.2, -0.15) is 0 Å². The van der Waals surface area contributed by atoms with E-state index in [9.17, 15) is 4.39 Å². The summed E-state index contributed by atoms with van der Waals surface area (Å²) in [7, 11) is 0. The highest BCUT2D eigenvalue weighted by Gasteiger charge is 2.34. The van der Waals surface area contributed by atoms with Crippen molar-refractivity contribution in [2.24, 2.45) is 11.8 Å². The molecule has 1 heteroatoms. The van der Waals surface area contributed by atoms with Crippen LogP contribution in [0.25, 0.3) is 0 Å². The molecule has 0 aromatic carbocycles. The first-order valence-electron chi connectivity index (χ1n) is 5.21. The van der Waals surface area contributed by atoms with Crippen LogP contribution in [-0.4, -0.2) is 5.67 Å². The van der Waals surface area contributed by atoms with E-state index in [4.69, 9.17) is 0 Å². The van der Waals surface area contributed by atoms with Crippen molar-refractivity contribution in [3.05, 3.63) is 0 Å². The van der Waals surface area contributed by atoms with E-state index in [1.165, 1.54) is 6.42 Å². The van der Waals surface area contributed by atoms with Crippen LogP contribution in [0.1, 0.15) is 52.9 Å². The van der Waals surface area contributed by atoms with Crippen LogP contribution in [0, 0.1) is 11.8 Å². The summed E-state index contributed by atoms with van der Waals surface area (Å²) < 4.78 is 14.1. The molecule has 1 fully saturated rings. The van der Waals surface area contributed by atoms with Gasteiger partial charge < -0.3 is 0 Å². The SMILES string of the molecule is CC(C)C[C@@]1(F)CCC[C@@H](C)C1. The van der Waals surface area contributed by atoms with Gasteiger partial charge >= 0.3 is 0 Å². The van der Waals surface area contributed by atoms with Gasteiger partial charge in [-0.1, -0.05) is 33.6 Å². The van der Waals surface area contributed by atoms with Gasteiger partial charge in [-0.05, 0) is 31.1 Å². The molecule has 1 saturated carbocycles. The van der Waals surface area contributed by atoms with Crippen molar-refractivity contribution in [2.45, 2.75) is 58.5 Å². The Labute approximate surface area is 75.5 Å². The van der Waals surface area contributed by atoms with Crippen molar-refractivity contribution in [1.82, 2.24) is 0 Å². The Morgan fingerprint density at radius 2 is 2.17 bits per heavy atom. The molecule has 72 valence electrons. The summed E-state index contributed by atoms with van der Waals surface area (Å²) in [5, 5.41) is 0. The molecule has 0 N–H and O–H groups in total. The molecule has 0 aromatic heterocycles. The quantitative estimate of drug-likeness (QED) is 0.591. The van der Waals surface area contributed by atoms with Crippen molar-refractivity contribution < 1.29 is 4.39 Å². The van der Waals surface area contributed by atoms with Crippen molar-refractivity contribution in [2.75, 3.05) is 0 Å². The summed E-state index contributed by atoms with van der Waals surface area (Å²) in [6, 6.07) is 0. The highest BCUT2D eigenvalue weighted by Crippen LogP contribution is 2.39. The lowest BCUT2D eigenvalue weighted by Crippen LogP contribution is -2.31. The van der Waals surface area contributed by atoms with E-state index in [-0.39, 0.29) is 0 Å². The Bertz CT molecular complexity index is 138. The van der Waals surface area contributed by atoms with Gasteiger partial charge in [-0.25, -0.2) is 4.39 Å². The molecular weight excluding hydrogens is 151 g/mol. The number of halogens is 1. The third-order valence-corrected chi connectivity index (χ3v) is 2.81. The molecule has 1 aliphatic rings. The first-order chi connectivity index (χ1) is 5.52.